The highest BCUT2D eigenvalue weighted by Gasteiger charge is 2.28. The molecule has 0 atom stereocenters. The van der Waals surface area contributed by atoms with E-state index in [0.29, 0.717) is 21.8 Å². The monoisotopic (exact) mass is 544 g/mol. The zero-order chi connectivity index (χ0) is 25.9. The molecule has 36 heavy (non-hydrogen) atoms. The Hall–Kier alpha value is -2.82. The van der Waals surface area contributed by atoms with Gasteiger partial charge in [0.1, 0.15) is 5.00 Å². The topological polar surface area (TPSA) is 92.8 Å². The second-order valence-corrected chi connectivity index (χ2v) is 12.1. The Labute approximate surface area is 219 Å². The normalized spacial score (nSPS) is 13.1. The second-order valence-electron chi connectivity index (χ2n) is 8.25. The smallest absolute Gasteiger partial charge is 0.341 e. The third-order valence-electron chi connectivity index (χ3n) is 6.14. The molecule has 1 aliphatic carbocycles. The number of methoxy groups -OCH3 is 1. The molecule has 0 saturated heterocycles. The lowest BCUT2D eigenvalue weighted by Gasteiger charge is -2.23. The number of carbonyl (C=O) groups excluding carboxylic acids is 2. The summed E-state index contributed by atoms with van der Waals surface area (Å²) in [6.07, 6.45) is 5.67. The van der Waals surface area contributed by atoms with Gasteiger partial charge in [-0.2, -0.15) is 0 Å². The molecule has 4 rings (SSSR count). The van der Waals surface area contributed by atoms with Crippen molar-refractivity contribution in [1.82, 2.24) is 0 Å². The number of hydrogen-bond acceptors (Lipinski definition) is 7. The first-order valence-electron chi connectivity index (χ1n) is 11.6. The molecule has 2 aromatic carbocycles. The number of sulfonamides is 1. The molecule has 0 saturated carbocycles. The lowest BCUT2D eigenvalue weighted by molar-refractivity contribution is 0.0601. The SMILES string of the molecule is CCN(c1ccc(C(=O)Nc2sc3c(c2C(=O)OC)CCCC3)cc1)S(=O)(=O)c1ccc(SC)cc1. The van der Waals surface area contributed by atoms with Crippen LogP contribution in [-0.2, 0) is 27.6 Å². The fourth-order valence-corrected chi connectivity index (χ4v) is 7.45. The molecule has 1 heterocycles. The van der Waals surface area contributed by atoms with Crippen molar-refractivity contribution in [2.45, 2.75) is 42.4 Å². The minimum atomic E-state index is -3.76. The first-order chi connectivity index (χ1) is 17.3. The number of carbonyl (C=O) groups is 2. The number of rotatable bonds is 8. The number of aryl methyl sites for hydroxylation is 1. The average molecular weight is 545 g/mol. The van der Waals surface area contributed by atoms with Crippen LogP contribution in [0.3, 0.4) is 0 Å². The van der Waals surface area contributed by atoms with Gasteiger partial charge in [-0.3, -0.25) is 9.10 Å². The molecule has 0 spiro atoms. The Morgan fingerprint density at radius 1 is 1.06 bits per heavy atom. The van der Waals surface area contributed by atoms with Gasteiger partial charge in [0.15, 0.2) is 0 Å². The van der Waals surface area contributed by atoms with Crippen LogP contribution < -0.4 is 9.62 Å². The third kappa shape index (κ3) is 5.16. The summed E-state index contributed by atoms with van der Waals surface area (Å²) in [4.78, 5) is 27.8. The minimum absolute atomic E-state index is 0.209. The third-order valence-corrected chi connectivity index (χ3v) is 10.0. The van der Waals surface area contributed by atoms with Gasteiger partial charge in [0.2, 0.25) is 0 Å². The van der Waals surface area contributed by atoms with Crippen molar-refractivity contribution in [3.8, 4) is 0 Å². The molecular formula is C26H28N2O5S3. The van der Waals surface area contributed by atoms with Crippen molar-refractivity contribution in [3.05, 3.63) is 70.1 Å². The lowest BCUT2D eigenvalue weighted by atomic mass is 9.95. The molecule has 1 aromatic heterocycles. The van der Waals surface area contributed by atoms with E-state index in [1.165, 1.54) is 22.8 Å². The maximum absolute atomic E-state index is 13.2. The lowest BCUT2D eigenvalue weighted by Crippen LogP contribution is -2.30. The van der Waals surface area contributed by atoms with Crippen LogP contribution in [0.15, 0.2) is 58.3 Å². The number of nitrogens with zero attached hydrogens (tertiary/aromatic N) is 1. The average Bonchev–Trinajstić information content (AvgIpc) is 3.26. The predicted molar refractivity (Wildman–Crippen MR) is 145 cm³/mol. The van der Waals surface area contributed by atoms with E-state index < -0.39 is 16.0 Å². The van der Waals surface area contributed by atoms with Crippen LogP contribution in [0.5, 0.6) is 0 Å². The summed E-state index contributed by atoms with van der Waals surface area (Å²) in [5, 5.41) is 3.37. The number of thiophene rings is 1. The number of anilines is 2. The molecule has 1 amide bonds. The van der Waals surface area contributed by atoms with E-state index in [0.717, 1.165) is 41.0 Å². The zero-order valence-electron chi connectivity index (χ0n) is 20.4. The quantitative estimate of drug-likeness (QED) is 0.293. The van der Waals surface area contributed by atoms with Gasteiger partial charge in [-0.15, -0.1) is 23.1 Å². The maximum Gasteiger partial charge on any atom is 0.341 e. The van der Waals surface area contributed by atoms with Crippen molar-refractivity contribution in [1.29, 1.82) is 0 Å². The van der Waals surface area contributed by atoms with Crippen LogP contribution in [0.1, 0.15) is 50.9 Å². The molecule has 0 radical (unpaired) electrons. The Balaban J connectivity index is 1.56. The fourth-order valence-electron chi connectivity index (χ4n) is 4.29. The molecular weight excluding hydrogens is 516 g/mol. The van der Waals surface area contributed by atoms with Crippen LogP contribution in [0, 0.1) is 0 Å². The van der Waals surface area contributed by atoms with E-state index >= 15 is 0 Å². The molecule has 10 heteroatoms. The summed E-state index contributed by atoms with van der Waals surface area (Å²) < 4.78 is 32.8. The Morgan fingerprint density at radius 2 is 1.72 bits per heavy atom. The van der Waals surface area contributed by atoms with Gasteiger partial charge in [0.25, 0.3) is 15.9 Å². The summed E-state index contributed by atoms with van der Waals surface area (Å²) in [6.45, 7) is 2.00. The van der Waals surface area contributed by atoms with Crippen LogP contribution in [0.25, 0.3) is 0 Å². The molecule has 7 nitrogen and oxygen atoms in total. The summed E-state index contributed by atoms with van der Waals surface area (Å²) in [7, 11) is -2.42. The van der Waals surface area contributed by atoms with Gasteiger partial charge in [0.05, 0.1) is 23.3 Å². The van der Waals surface area contributed by atoms with Crippen LogP contribution in [-0.4, -0.2) is 40.2 Å². The highest BCUT2D eigenvalue weighted by Crippen LogP contribution is 2.39. The van der Waals surface area contributed by atoms with E-state index in [2.05, 4.69) is 5.32 Å². The fraction of sp³-hybridized carbons (Fsp3) is 0.308. The van der Waals surface area contributed by atoms with E-state index in [1.807, 2.05) is 6.26 Å². The Kier molecular flexibility index (Phi) is 8.07. The summed E-state index contributed by atoms with van der Waals surface area (Å²) >= 11 is 2.97. The van der Waals surface area contributed by atoms with E-state index in [9.17, 15) is 18.0 Å². The predicted octanol–water partition coefficient (Wildman–Crippen LogP) is 5.60. The van der Waals surface area contributed by atoms with Crippen LogP contribution in [0.4, 0.5) is 10.7 Å². The summed E-state index contributed by atoms with van der Waals surface area (Å²) in [5.74, 6) is -0.821. The van der Waals surface area contributed by atoms with E-state index in [1.54, 1.807) is 67.2 Å². The molecule has 3 aromatic rings. The van der Waals surface area contributed by atoms with Gasteiger partial charge in [-0.1, -0.05) is 0 Å². The second kappa shape index (κ2) is 11.1. The highest BCUT2D eigenvalue weighted by atomic mass is 32.2. The van der Waals surface area contributed by atoms with Gasteiger partial charge < -0.3 is 10.1 Å². The van der Waals surface area contributed by atoms with E-state index in [4.69, 9.17) is 4.74 Å². The number of amides is 1. The maximum atomic E-state index is 13.2. The molecule has 1 aliphatic rings. The number of fused-ring (bicyclic) bond motifs is 1. The summed E-state index contributed by atoms with van der Waals surface area (Å²) in [6, 6.07) is 13.2. The largest absolute Gasteiger partial charge is 0.465 e. The zero-order valence-corrected chi connectivity index (χ0v) is 22.8. The van der Waals surface area contributed by atoms with Gasteiger partial charge in [-0.05, 0) is 93.0 Å². The first kappa shape index (κ1) is 26.2. The number of hydrogen-bond donors (Lipinski definition) is 1. The van der Waals surface area contributed by atoms with Crippen molar-refractivity contribution in [2.75, 3.05) is 29.5 Å². The van der Waals surface area contributed by atoms with Crippen molar-refractivity contribution in [3.63, 3.8) is 0 Å². The molecule has 190 valence electrons. The molecule has 0 aliphatic heterocycles. The van der Waals surface area contributed by atoms with Crippen LogP contribution >= 0.6 is 23.1 Å². The summed E-state index contributed by atoms with van der Waals surface area (Å²) in [5.41, 5.74) is 2.24. The van der Waals surface area contributed by atoms with Gasteiger partial charge in [0, 0.05) is 21.9 Å². The van der Waals surface area contributed by atoms with Crippen molar-refractivity contribution >= 4 is 55.7 Å². The number of nitrogens with one attached hydrogen (secondary N) is 1. The number of ether oxygens (including phenoxy) is 1. The molecule has 0 bridgehead atoms. The Bertz CT molecular complexity index is 1360. The number of thioether (sulfide) groups is 1. The first-order valence-corrected chi connectivity index (χ1v) is 15.1. The van der Waals surface area contributed by atoms with Crippen molar-refractivity contribution < 1.29 is 22.7 Å². The number of benzene rings is 2. The van der Waals surface area contributed by atoms with Crippen molar-refractivity contribution in [2.24, 2.45) is 0 Å². The minimum Gasteiger partial charge on any atom is -0.465 e. The molecule has 0 unspecified atom stereocenters. The van der Waals surface area contributed by atoms with Crippen LogP contribution in [0.2, 0.25) is 0 Å². The number of esters is 1. The van der Waals surface area contributed by atoms with E-state index in [-0.39, 0.29) is 17.3 Å². The highest BCUT2D eigenvalue weighted by molar-refractivity contribution is 7.98. The molecule has 1 N–H and O–H groups in total. The Morgan fingerprint density at radius 3 is 2.33 bits per heavy atom. The van der Waals surface area contributed by atoms with Gasteiger partial charge in [-0.25, -0.2) is 13.2 Å². The molecule has 0 fully saturated rings. The standard InChI is InChI=1S/C26H28N2O5S3/c1-4-28(36(31,32)20-15-13-19(34-3)14-16-20)18-11-9-17(10-12-18)24(29)27-25-23(26(30)33-2)21-7-5-6-8-22(21)35-25/h9-16H,4-8H2,1-3H3,(H,27,29). The van der Waals surface area contributed by atoms with Gasteiger partial charge >= 0.3 is 5.97 Å².